The van der Waals surface area contributed by atoms with Gasteiger partial charge in [0, 0.05) is 16.5 Å². The number of aromatic nitrogens is 1. The van der Waals surface area contributed by atoms with Crippen molar-refractivity contribution >= 4 is 22.5 Å². The number of nitrogens with zero attached hydrogens (tertiary/aromatic N) is 1. The minimum atomic E-state index is -0.560. The van der Waals surface area contributed by atoms with Gasteiger partial charge in [-0.05, 0) is 11.6 Å². The van der Waals surface area contributed by atoms with Gasteiger partial charge in [0.25, 0.3) is 5.56 Å². The number of aromatic amines is 1. The van der Waals surface area contributed by atoms with Crippen molar-refractivity contribution in [3.8, 4) is 6.07 Å². The van der Waals surface area contributed by atoms with Gasteiger partial charge in [-0.2, -0.15) is 5.26 Å². The van der Waals surface area contributed by atoms with Gasteiger partial charge >= 0.3 is 0 Å². The first-order chi connectivity index (χ1) is 10.7. The van der Waals surface area contributed by atoms with Crippen LogP contribution in [-0.4, -0.2) is 4.98 Å². The third-order valence-electron chi connectivity index (χ3n) is 3.30. The van der Waals surface area contributed by atoms with E-state index in [-0.39, 0.29) is 10.9 Å². The van der Waals surface area contributed by atoms with Gasteiger partial charge in [0.05, 0.1) is 5.03 Å². The molecule has 22 heavy (non-hydrogen) atoms. The summed E-state index contributed by atoms with van der Waals surface area (Å²) in [6.45, 7) is 0. The van der Waals surface area contributed by atoms with E-state index in [2.05, 4.69) is 4.98 Å². The monoisotopic (exact) mass is 310 g/mol. The molecule has 1 N–H and O–H groups in total. The minimum absolute atomic E-state index is 0.0873. The zero-order valence-corrected chi connectivity index (χ0v) is 12.3. The molecule has 0 amide bonds. The van der Waals surface area contributed by atoms with Crippen molar-refractivity contribution in [2.75, 3.05) is 0 Å². The number of hydrogen-bond acceptors (Lipinski definition) is 3. The van der Waals surface area contributed by atoms with Crippen molar-refractivity contribution < 1.29 is 4.39 Å². The summed E-state index contributed by atoms with van der Waals surface area (Å²) in [7, 11) is 0. The van der Waals surface area contributed by atoms with E-state index in [9.17, 15) is 9.18 Å². The Labute approximate surface area is 130 Å². The highest BCUT2D eigenvalue weighted by Crippen LogP contribution is 2.29. The lowest BCUT2D eigenvalue weighted by Gasteiger charge is -2.08. The van der Waals surface area contributed by atoms with Crippen LogP contribution in [0.1, 0.15) is 11.1 Å². The number of rotatable bonds is 3. The lowest BCUT2D eigenvalue weighted by Crippen LogP contribution is -2.12. The SMILES string of the molecule is N#Cc1c(=O)[nH]c(SCc2ccccc2)c2cccc(F)c12. The van der Waals surface area contributed by atoms with Crippen LogP contribution in [0, 0.1) is 17.1 Å². The summed E-state index contributed by atoms with van der Waals surface area (Å²) in [5.74, 6) is 0.0931. The molecule has 0 saturated heterocycles. The number of nitriles is 1. The largest absolute Gasteiger partial charge is 0.315 e. The van der Waals surface area contributed by atoms with Crippen LogP contribution in [0.4, 0.5) is 4.39 Å². The fourth-order valence-corrected chi connectivity index (χ4v) is 3.26. The molecule has 0 radical (unpaired) electrons. The third kappa shape index (κ3) is 2.61. The van der Waals surface area contributed by atoms with E-state index in [0.29, 0.717) is 16.2 Å². The molecule has 5 heteroatoms. The summed E-state index contributed by atoms with van der Waals surface area (Å²) in [4.78, 5) is 14.7. The van der Waals surface area contributed by atoms with Crippen molar-refractivity contribution in [1.82, 2.24) is 4.98 Å². The second-order valence-corrected chi connectivity index (χ2v) is 5.69. The Balaban J connectivity index is 2.09. The normalized spacial score (nSPS) is 10.5. The molecule has 0 aliphatic carbocycles. The zero-order valence-electron chi connectivity index (χ0n) is 11.5. The van der Waals surface area contributed by atoms with Gasteiger partial charge in [0.2, 0.25) is 0 Å². The standard InChI is InChI=1S/C17H11FN2OS/c18-14-8-4-7-12-15(14)13(9-19)16(21)20-17(12)22-10-11-5-2-1-3-6-11/h1-8H,10H2,(H,20,21). The van der Waals surface area contributed by atoms with Crippen LogP contribution in [0.15, 0.2) is 58.4 Å². The minimum Gasteiger partial charge on any atom is -0.315 e. The molecule has 3 nitrogen and oxygen atoms in total. The van der Waals surface area contributed by atoms with Crippen molar-refractivity contribution in [2.45, 2.75) is 10.8 Å². The molecule has 2 aromatic carbocycles. The molecule has 0 bridgehead atoms. The molecule has 3 rings (SSSR count). The van der Waals surface area contributed by atoms with Gasteiger partial charge in [0.15, 0.2) is 0 Å². The van der Waals surface area contributed by atoms with E-state index in [1.54, 1.807) is 18.2 Å². The molecule has 0 aliphatic rings. The first kappa shape index (κ1) is 14.4. The average molecular weight is 310 g/mol. The first-order valence-corrected chi connectivity index (χ1v) is 7.60. The summed E-state index contributed by atoms with van der Waals surface area (Å²) in [5.41, 5.74) is 0.357. The quantitative estimate of drug-likeness (QED) is 0.748. The number of nitrogens with one attached hydrogen (secondary N) is 1. The van der Waals surface area contributed by atoms with E-state index in [1.807, 2.05) is 30.3 Å². The van der Waals surface area contributed by atoms with Gasteiger partial charge in [-0.1, -0.05) is 42.5 Å². The summed E-state index contributed by atoms with van der Waals surface area (Å²) < 4.78 is 14.0. The number of pyridine rings is 1. The molecule has 108 valence electrons. The number of thioether (sulfide) groups is 1. The van der Waals surface area contributed by atoms with Crippen molar-refractivity contribution in [3.05, 3.63) is 75.8 Å². The van der Waals surface area contributed by atoms with Crippen molar-refractivity contribution in [1.29, 1.82) is 5.26 Å². The van der Waals surface area contributed by atoms with E-state index >= 15 is 0 Å². The van der Waals surface area contributed by atoms with E-state index in [0.717, 1.165) is 5.56 Å². The molecular formula is C17H11FN2OS. The number of H-pyrrole nitrogens is 1. The van der Waals surface area contributed by atoms with Gasteiger partial charge in [-0.3, -0.25) is 4.79 Å². The van der Waals surface area contributed by atoms with Crippen molar-refractivity contribution in [2.24, 2.45) is 0 Å². The predicted molar refractivity (Wildman–Crippen MR) is 85.2 cm³/mol. The number of hydrogen-bond donors (Lipinski definition) is 1. The molecule has 0 aliphatic heterocycles. The van der Waals surface area contributed by atoms with E-state index in [1.165, 1.54) is 17.8 Å². The number of benzene rings is 2. The number of halogens is 1. The second-order valence-electron chi connectivity index (χ2n) is 4.71. The first-order valence-electron chi connectivity index (χ1n) is 6.62. The number of fused-ring (bicyclic) bond motifs is 1. The predicted octanol–water partition coefficient (Wildman–Crippen LogP) is 3.83. The highest BCUT2D eigenvalue weighted by molar-refractivity contribution is 7.98. The highest BCUT2D eigenvalue weighted by Gasteiger charge is 2.14. The summed E-state index contributed by atoms with van der Waals surface area (Å²) >= 11 is 1.41. The summed E-state index contributed by atoms with van der Waals surface area (Å²) in [5, 5.41) is 10.3. The van der Waals surface area contributed by atoms with Crippen molar-refractivity contribution in [3.63, 3.8) is 0 Å². The maximum Gasteiger partial charge on any atom is 0.267 e. The molecule has 0 spiro atoms. The van der Waals surface area contributed by atoms with Crippen LogP contribution in [0.5, 0.6) is 0 Å². The Morgan fingerprint density at radius 3 is 2.64 bits per heavy atom. The molecule has 1 heterocycles. The molecule has 0 atom stereocenters. The molecule has 0 unspecified atom stereocenters. The average Bonchev–Trinajstić information content (AvgIpc) is 2.54. The van der Waals surface area contributed by atoms with Gasteiger partial charge in [0.1, 0.15) is 17.4 Å². The molecule has 0 fully saturated rings. The van der Waals surface area contributed by atoms with Gasteiger partial charge in [-0.25, -0.2) is 4.39 Å². The van der Waals surface area contributed by atoms with Crippen LogP contribution in [0.25, 0.3) is 10.8 Å². The van der Waals surface area contributed by atoms with Crippen LogP contribution in [0.2, 0.25) is 0 Å². The smallest absolute Gasteiger partial charge is 0.267 e. The fourth-order valence-electron chi connectivity index (χ4n) is 2.26. The van der Waals surface area contributed by atoms with Crippen LogP contribution in [-0.2, 0) is 5.75 Å². The lowest BCUT2D eigenvalue weighted by atomic mass is 10.1. The Bertz CT molecular complexity index is 929. The fraction of sp³-hybridized carbons (Fsp3) is 0.0588. The van der Waals surface area contributed by atoms with E-state index < -0.39 is 11.4 Å². The molecule has 3 aromatic rings. The van der Waals surface area contributed by atoms with Gasteiger partial charge < -0.3 is 4.98 Å². The Hall–Kier alpha value is -2.58. The molecule has 0 saturated carbocycles. The summed E-state index contributed by atoms with van der Waals surface area (Å²) in [6.07, 6.45) is 0. The second kappa shape index (κ2) is 6.04. The van der Waals surface area contributed by atoms with Gasteiger partial charge in [-0.15, -0.1) is 11.8 Å². The third-order valence-corrected chi connectivity index (χ3v) is 4.39. The topological polar surface area (TPSA) is 56.6 Å². The molecule has 1 aromatic heterocycles. The Morgan fingerprint density at radius 2 is 1.91 bits per heavy atom. The Kier molecular flexibility index (Phi) is 3.94. The zero-order chi connectivity index (χ0) is 15.5. The lowest BCUT2D eigenvalue weighted by molar-refractivity contribution is 0.639. The maximum absolute atomic E-state index is 14.0. The van der Waals surface area contributed by atoms with E-state index in [4.69, 9.17) is 5.26 Å². The van der Waals surface area contributed by atoms with Crippen LogP contribution < -0.4 is 5.56 Å². The summed E-state index contributed by atoms with van der Waals surface area (Å²) in [6, 6.07) is 16.1. The maximum atomic E-state index is 14.0. The Morgan fingerprint density at radius 1 is 1.14 bits per heavy atom. The molecular weight excluding hydrogens is 299 g/mol. The van der Waals surface area contributed by atoms with Crippen LogP contribution >= 0.6 is 11.8 Å². The highest BCUT2D eigenvalue weighted by atomic mass is 32.2. The van der Waals surface area contributed by atoms with Crippen LogP contribution in [0.3, 0.4) is 0 Å².